The Morgan fingerprint density at radius 3 is 2.19 bits per heavy atom. The molecule has 0 unspecified atom stereocenters. The Kier molecular flexibility index (Phi) is 4.61. The first-order valence-electron chi connectivity index (χ1n) is 6.40. The number of hydrogen-bond donors (Lipinski definition) is 1. The molecule has 2 aromatic rings. The van der Waals surface area contributed by atoms with Crippen LogP contribution in [0.15, 0.2) is 54.6 Å². The second kappa shape index (κ2) is 6.61. The molecule has 1 N–H and O–H groups in total. The van der Waals surface area contributed by atoms with Crippen LogP contribution in [0.5, 0.6) is 0 Å². The molecule has 0 saturated carbocycles. The molecule has 0 aliphatic heterocycles. The average molecular weight is 283 g/mol. The highest BCUT2D eigenvalue weighted by atomic mass is 19.1. The zero-order valence-electron chi connectivity index (χ0n) is 11.5. The normalized spacial score (nSPS) is 10.6. The van der Waals surface area contributed by atoms with Crippen molar-refractivity contribution in [2.24, 2.45) is 0 Å². The number of benzene rings is 2. The highest BCUT2D eigenvalue weighted by Gasteiger charge is 2.02. The summed E-state index contributed by atoms with van der Waals surface area (Å²) in [4.78, 5) is 22.9. The van der Waals surface area contributed by atoms with Crippen molar-refractivity contribution in [1.82, 2.24) is 0 Å². The van der Waals surface area contributed by atoms with Crippen molar-refractivity contribution < 1.29 is 14.0 Å². The van der Waals surface area contributed by atoms with Crippen molar-refractivity contribution in [3.8, 4) is 0 Å². The van der Waals surface area contributed by atoms with Gasteiger partial charge in [-0.2, -0.15) is 0 Å². The average Bonchev–Trinajstić information content (AvgIpc) is 2.46. The Labute approximate surface area is 122 Å². The lowest BCUT2D eigenvalue weighted by atomic mass is 10.1. The SMILES string of the molecule is CC(=O)Nc1ccc(C(=O)/C=C/c2ccc(F)cc2)cc1. The minimum atomic E-state index is -0.313. The van der Waals surface area contributed by atoms with Gasteiger partial charge < -0.3 is 5.32 Å². The summed E-state index contributed by atoms with van der Waals surface area (Å²) >= 11 is 0. The van der Waals surface area contributed by atoms with Crippen LogP contribution in [0.1, 0.15) is 22.8 Å². The monoisotopic (exact) mass is 283 g/mol. The van der Waals surface area contributed by atoms with E-state index >= 15 is 0 Å². The van der Waals surface area contributed by atoms with E-state index in [1.165, 1.54) is 25.1 Å². The van der Waals surface area contributed by atoms with E-state index in [4.69, 9.17) is 0 Å². The van der Waals surface area contributed by atoms with Crippen LogP contribution in [-0.2, 0) is 4.79 Å². The second-order valence-corrected chi connectivity index (χ2v) is 4.51. The zero-order chi connectivity index (χ0) is 15.2. The maximum absolute atomic E-state index is 12.8. The number of carbonyl (C=O) groups excluding carboxylic acids is 2. The molecule has 0 heterocycles. The first-order chi connectivity index (χ1) is 10.0. The maximum atomic E-state index is 12.8. The van der Waals surface area contributed by atoms with Crippen LogP contribution < -0.4 is 5.32 Å². The fourth-order valence-electron chi connectivity index (χ4n) is 1.76. The molecule has 0 bridgehead atoms. The van der Waals surface area contributed by atoms with Gasteiger partial charge in [0.05, 0.1) is 0 Å². The van der Waals surface area contributed by atoms with Gasteiger partial charge >= 0.3 is 0 Å². The Balaban J connectivity index is 2.06. The molecule has 0 radical (unpaired) electrons. The molecule has 3 nitrogen and oxygen atoms in total. The van der Waals surface area contributed by atoms with E-state index in [1.807, 2.05) is 0 Å². The third kappa shape index (κ3) is 4.38. The third-order valence-electron chi connectivity index (χ3n) is 2.79. The number of nitrogens with one attached hydrogen (secondary N) is 1. The first-order valence-corrected chi connectivity index (χ1v) is 6.40. The number of allylic oxidation sites excluding steroid dienone is 1. The maximum Gasteiger partial charge on any atom is 0.221 e. The van der Waals surface area contributed by atoms with E-state index in [9.17, 15) is 14.0 Å². The number of hydrogen-bond acceptors (Lipinski definition) is 2. The predicted octanol–water partition coefficient (Wildman–Crippen LogP) is 3.68. The molecule has 1 amide bonds. The largest absolute Gasteiger partial charge is 0.326 e. The number of amides is 1. The van der Waals surface area contributed by atoms with Gasteiger partial charge in [0, 0.05) is 18.2 Å². The van der Waals surface area contributed by atoms with Gasteiger partial charge in [0.15, 0.2) is 5.78 Å². The van der Waals surface area contributed by atoms with Gasteiger partial charge in [-0.25, -0.2) is 4.39 Å². The Morgan fingerprint density at radius 1 is 1.00 bits per heavy atom. The van der Waals surface area contributed by atoms with Crippen molar-refractivity contribution in [1.29, 1.82) is 0 Å². The molecule has 0 aromatic heterocycles. The quantitative estimate of drug-likeness (QED) is 0.687. The summed E-state index contributed by atoms with van der Waals surface area (Å²) in [5.41, 5.74) is 1.91. The standard InChI is InChI=1S/C17H14FNO2/c1-12(20)19-16-9-5-14(6-10-16)17(21)11-4-13-2-7-15(18)8-3-13/h2-11H,1H3,(H,19,20)/b11-4+. The molecule has 2 aromatic carbocycles. The zero-order valence-corrected chi connectivity index (χ0v) is 11.5. The lowest BCUT2D eigenvalue weighted by Crippen LogP contribution is -2.05. The van der Waals surface area contributed by atoms with Gasteiger partial charge in [0.25, 0.3) is 0 Å². The smallest absolute Gasteiger partial charge is 0.221 e. The van der Waals surface area contributed by atoms with Crippen molar-refractivity contribution in [2.45, 2.75) is 6.92 Å². The van der Waals surface area contributed by atoms with Gasteiger partial charge in [0.1, 0.15) is 5.82 Å². The molecule has 0 fully saturated rings. The number of ketones is 1. The van der Waals surface area contributed by atoms with Crippen molar-refractivity contribution in [3.63, 3.8) is 0 Å². The molecule has 2 rings (SSSR count). The van der Waals surface area contributed by atoms with Crippen LogP contribution in [0, 0.1) is 5.82 Å². The molecule has 0 aliphatic rings. The topological polar surface area (TPSA) is 46.2 Å². The lowest BCUT2D eigenvalue weighted by Gasteiger charge is -2.02. The van der Waals surface area contributed by atoms with E-state index in [1.54, 1.807) is 42.5 Å². The highest BCUT2D eigenvalue weighted by Crippen LogP contribution is 2.11. The summed E-state index contributed by atoms with van der Waals surface area (Å²) in [5, 5.41) is 2.63. The Hall–Kier alpha value is -2.75. The first kappa shape index (κ1) is 14.7. The molecule has 106 valence electrons. The van der Waals surface area contributed by atoms with Gasteiger partial charge in [-0.3, -0.25) is 9.59 Å². The molecular weight excluding hydrogens is 269 g/mol. The fraction of sp³-hybridized carbons (Fsp3) is 0.0588. The summed E-state index contributed by atoms with van der Waals surface area (Å²) in [5.74, 6) is -0.633. The molecule has 0 spiro atoms. The molecular formula is C17H14FNO2. The summed E-state index contributed by atoms with van der Waals surface area (Å²) < 4.78 is 12.8. The minimum absolute atomic E-state index is 0.159. The molecule has 21 heavy (non-hydrogen) atoms. The molecule has 0 atom stereocenters. The minimum Gasteiger partial charge on any atom is -0.326 e. The highest BCUT2D eigenvalue weighted by molar-refractivity contribution is 6.07. The van der Waals surface area contributed by atoms with E-state index in [-0.39, 0.29) is 17.5 Å². The van der Waals surface area contributed by atoms with Crippen molar-refractivity contribution in [3.05, 3.63) is 71.6 Å². The van der Waals surface area contributed by atoms with Crippen LogP contribution in [0.25, 0.3) is 6.08 Å². The number of anilines is 1. The summed E-state index contributed by atoms with van der Waals surface area (Å²) in [7, 11) is 0. The van der Waals surface area contributed by atoms with Crippen LogP contribution in [0.2, 0.25) is 0 Å². The van der Waals surface area contributed by atoms with E-state index in [2.05, 4.69) is 5.32 Å². The van der Waals surface area contributed by atoms with Crippen LogP contribution in [-0.4, -0.2) is 11.7 Å². The van der Waals surface area contributed by atoms with E-state index in [0.717, 1.165) is 5.56 Å². The lowest BCUT2D eigenvalue weighted by molar-refractivity contribution is -0.114. The van der Waals surface area contributed by atoms with Gasteiger partial charge in [-0.1, -0.05) is 18.2 Å². The van der Waals surface area contributed by atoms with Gasteiger partial charge in [-0.15, -0.1) is 0 Å². The molecule has 0 aliphatic carbocycles. The van der Waals surface area contributed by atoms with E-state index in [0.29, 0.717) is 11.3 Å². The van der Waals surface area contributed by atoms with Crippen LogP contribution >= 0.6 is 0 Å². The number of rotatable bonds is 4. The summed E-state index contributed by atoms with van der Waals surface area (Å²) in [6.45, 7) is 1.42. The second-order valence-electron chi connectivity index (χ2n) is 4.51. The van der Waals surface area contributed by atoms with Crippen molar-refractivity contribution in [2.75, 3.05) is 5.32 Å². The molecule has 4 heteroatoms. The van der Waals surface area contributed by atoms with Gasteiger partial charge in [0.2, 0.25) is 5.91 Å². The fourth-order valence-corrected chi connectivity index (χ4v) is 1.76. The van der Waals surface area contributed by atoms with Gasteiger partial charge in [-0.05, 0) is 48.0 Å². The Morgan fingerprint density at radius 2 is 1.62 bits per heavy atom. The van der Waals surface area contributed by atoms with Crippen molar-refractivity contribution >= 4 is 23.5 Å². The summed E-state index contributed by atoms with van der Waals surface area (Å²) in [6, 6.07) is 12.5. The number of carbonyl (C=O) groups is 2. The third-order valence-corrected chi connectivity index (χ3v) is 2.79. The predicted molar refractivity (Wildman–Crippen MR) is 80.5 cm³/mol. The molecule has 0 saturated heterocycles. The Bertz CT molecular complexity index is 673. The number of halogens is 1. The van der Waals surface area contributed by atoms with Crippen LogP contribution in [0.4, 0.5) is 10.1 Å². The van der Waals surface area contributed by atoms with Crippen LogP contribution in [0.3, 0.4) is 0 Å². The summed E-state index contributed by atoms with van der Waals surface area (Å²) in [6.07, 6.45) is 3.06. The van der Waals surface area contributed by atoms with E-state index < -0.39 is 0 Å².